The number of ether oxygens (including phenoxy) is 2. The van der Waals surface area contributed by atoms with E-state index in [-0.39, 0.29) is 5.69 Å². The molecule has 27 heavy (non-hydrogen) atoms. The lowest BCUT2D eigenvalue weighted by Gasteiger charge is -2.50. The first-order valence-corrected chi connectivity index (χ1v) is 8.29. The Morgan fingerprint density at radius 2 is 2.04 bits per heavy atom. The monoisotopic (exact) mass is 374 g/mol. The van der Waals surface area contributed by atoms with E-state index in [9.17, 15) is 18.4 Å². The molecule has 0 spiro atoms. The molecule has 0 radical (unpaired) electrons. The molecule has 2 aromatic carbocycles. The number of urea groups is 1. The molecular weight excluding hydrogens is 358 g/mol. The predicted molar refractivity (Wildman–Crippen MR) is 91.5 cm³/mol. The molecule has 0 aliphatic carbocycles. The van der Waals surface area contributed by atoms with Gasteiger partial charge >= 0.3 is 12.0 Å². The highest BCUT2D eigenvalue weighted by Crippen LogP contribution is 2.45. The Balaban J connectivity index is 1.76. The summed E-state index contributed by atoms with van der Waals surface area (Å²) in [5.74, 6) is -2.04. The third kappa shape index (κ3) is 2.68. The van der Waals surface area contributed by atoms with Crippen LogP contribution in [0, 0.1) is 11.6 Å². The highest BCUT2D eigenvalue weighted by molar-refractivity contribution is 5.95. The maximum atomic E-state index is 13.7. The number of hydrogen-bond donors (Lipinski definition) is 1. The summed E-state index contributed by atoms with van der Waals surface area (Å²) in [6.07, 6.45) is 0.357. The van der Waals surface area contributed by atoms with Crippen molar-refractivity contribution in [3.63, 3.8) is 0 Å². The second kappa shape index (κ2) is 5.94. The molecule has 2 aliphatic heterocycles. The summed E-state index contributed by atoms with van der Waals surface area (Å²) in [4.78, 5) is 25.8. The van der Waals surface area contributed by atoms with Crippen LogP contribution in [0.2, 0.25) is 0 Å². The molecular formula is C19H16F2N2O4. The molecule has 8 heteroatoms. The van der Waals surface area contributed by atoms with Crippen LogP contribution in [0.3, 0.4) is 0 Å². The third-order valence-electron chi connectivity index (χ3n) is 4.85. The van der Waals surface area contributed by atoms with Crippen molar-refractivity contribution in [3.05, 3.63) is 59.2 Å². The van der Waals surface area contributed by atoms with Crippen LogP contribution in [0.4, 0.5) is 19.3 Å². The van der Waals surface area contributed by atoms with Gasteiger partial charge in [0.1, 0.15) is 5.75 Å². The molecule has 2 heterocycles. The third-order valence-corrected chi connectivity index (χ3v) is 4.85. The summed E-state index contributed by atoms with van der Waals surface area (Å²) in [5, 5.41) is 2.83. The highest BCUT2D eigenvalue weighted by atomic mass is 19.2. The van der Waals surface area contributed by atoms with E-state index in [2.05, 4.69) is 5.32 Å². The summed E-state index contributed by atoms with van der Waals surface area (Å²) in [6, 6.07) is 7.17. The quantitative estimate of drug-likeness (QED) is 0.817. The van der Waals surface area contributed by atoms with Gasteiger partial charge in [0.2, 0.25) is 0 Å². The van der Waals surface area contributed by atoms with Gasteiger partial charge in [-0.3, -0.25) is 4.90 Å². The first kappa shape index (κ1) is 17.3. The van der Waals surface area contributed by atoms with E-state index in [1.54, 1.807) is 25.1 Å². The number of amides is 2. The largest absolute Gasteiger partial charge is 0.467 e. The number of esters is 1. The van der Waals surface area contributed by atoms with E-state index in [1.165, 1.54) is 18.1 Å². The highest BCUT2D eigenvalue weighted by Gasteiger charge is 2.50. The Morgan fingerprint density at radius 1 is 1.26 bits per heavy atom. The van der Waals surface area contributed by atoms with Crippen LogP contribution in [0.25, 0.3) is 0 Å². The number of carbonyl (C=O) groups excluding carboxylic acids is 2. The number of nitrogens with one attached hydrogen (secondary N) is 1. The van der Waals surface area contributed by atoms with Crippen LogP contribution in [0.5, 0.6) is 5.75 Å². The fourth-order valence-electron chi connectivity index (χ4n) is 3.63. The van der Waals surface area contributed by atoms with E-state index >= 15 is 0 Å². The van der Waals surface area contributed by atoms with Gasteiger partial charge in [-0.2, -0.15) is 0 Å². The number of rotatable bonds is 2. The first-order chi connectivity index (χ1) is 12.8. The van der Waals surface area contributed by atoms with E-state index in [4.69, 9.17) is 9.47 Å². The summed E-state index contributed by atoms with van der Waals surface area (Å²) in [6.45, 7) is 1.71. The minimum absolute atomic E-state index is 0.182. The van der Waals surface area contributed by atoms with Gasteiger partial charge in [0.25, 0.3) is 0 Å². The van der Waals surface area contributed by atoms with Crippen LogP contribution in [0.1, 0.15) is 35.3 Å². The van der Waals surface area contributed by atoms with Gasteiger partial charge in [-0.05, 0) is 37.3 Å². The Labute approximate surface area is 153 Å². The van der Waals surface area contributed by atoms with Crippen molar-refractivity contribution in [2.24, 2.45) is 0 Å². The van der Waals surface area contributed by atoms with Crippen molar-refractivity contribution in [2.45, 2.75) is 25.1 Å². The number of halogens is 2. The molecule has 1 N–H and O–H groups in total. The molecule has 2 aromatic rings. The van der Waals surface area contributed by atoms with Crippen molar-refractivity contribution in [1.29, 1.82) is 0 Å². The zero-order valence-corrected chi connectivity index (χ0v) is 14.6. The zero-order valence-electron chi connectivity index (χ0n) is 14.6. The van der Waals surface area contributed by atoms with Crippen molar-refractivity contribution in [2.75, 3.05) is 12.0 Å². The maximum Gasteiger partial charge on any atom is 0.337 e. The molecule has 1 fully saturated rings. The smallest absolute Gasteiger partial charge is 0.337 e. The molecule has 1 saturated heterocycles. The Hall–Kier alpha value is -3.16. The topological polar surface area (TPSA) is 67.9 Å². The lowest BCUT2D eigenvalue weighted by Crippen LogP contribution is -2.65. The minimum atomic E-state index is -1.10. The summed E-state index contributed by atoms with van der Waals surface area (Å²) in [7, 11) is 1.29. The molecule has 2 bridgehead atoms. The number of methoxy groups -OCH3 is 1. The fourth-order valence-corrected chi connectivity index (χ4v) is 3.63. The summed E-state index contributed by atoms with van der Waals surface area (Å²) in [5.41, 5.74) is 0.0909. The minimum Gasteiger partial charge on any atom is -0.467 e. The van der Waals surface area contributed by atoms with E-state index in [0.717, 1.165) is 12.1 Å². The summed E-state index contributed by atoms with van der Waals surface area (Å²) >= 11 is 0. The average molecular weight is 374 g/mol. The molecule has 2 atom stereocenters. The number of carbonyl (C=O) groups is 2. The van der Waals surface area contributed by atoms with Crippen molar-refractivity contribution in [1.82, 2.24) is 5.32 Å². The number of hydrogen-bond acceptors (Lipinski definition) is 4. The Morgan fingerprint density at radius 3 is 2.74 bits per heavy atom. The van der Waals surface area contributed by atoms with E-state index in [0.29, 0.717) is 23.3 Å². The van der Waals surface area contributed by atoms with Crippen molar-refractivity contribution in [3.8, 4) is 5.75 Å². The average Bonchev–Trinajstić information content (AvgIpc) is 2.63. The van der Waals surface area contributed by atoms with Crippen LogP contribution in [-0.4, -0.2) is 24.8 Å². The van der Waals surface area contributed by atoms with Gasteiger partial charge < -0.3 is 14.8 Å². The Bertz CT molecular complexity index is 965. The molecule has 6 nitrogen and oxygen atoms in total. The lowest BCUT2D eigenvalue weighted by molar-refractivity contribution is 0.0377. The van der Waals surface area contributed by atoms with Crippen LogP contribution >= 0.6 is 0 Å². The van der Waals surface area contributed by atoms with Gasteiger partial charge in [-0.15, -0.1) is 0 Å². The molecule has 0 saturated carbocycles. The number of nitrogens with zero attached hydrogens (tertiary/aromatic N) is 1. The molecule has 2 aliphatic rings. The van der Waals surface area contributed by atoms with Crippen LogP contribution in [-0.2, 0) is 4.74 Å². The number of benzene rings is 2. The standard InChI is InChI=1S/C19H16F2N2O4/c1-19-9-15(12-7-10(17(24)26-2)3-6-16(12)27-19)22-18(25)23(19)11-4-5-13(20)14(21)8-11/h3-8,15H,9H2,1-2H3,(H,22,25)/t15-,19-/m0/s1. The number of fused-ring (bicyclic) bond motifs is 4. The van der Waals surface area contributed by atoms with Gasteiger partial charge in [-0.1, -0.05) is 0 Å². The Kier molecular flexibility index (Phi) is 3.80. The van der Waals surface area contributed by atoms with Gasteiger partial charge in [0.05, 0.1) is 24.4 Å². The van der Waals surface area contributed by atoms with Crippen LogP contribution < -0.4 is 15.0 Å². The second-order valence-corrected chi connectivity index (χ2v) is 6.66. The zero-order chi connectivity index (χ0) is 19.3. The second-order valence-electron chi connectivity index (χ2n) is 6.66. The molecule has 4 rings (SSSR count). The number of anilines is 1. The molecule has 0 unspecified atom stereocenters. The van der Waals surface area contributed by atoms with Gasteiger partial charge in [0.15, 0.2) is 17.4 Å². The first-order valence-electron chi connectivity index (χ1n) is 8.29. The normalized spacial score (nSPS) is 23.2. The molecule has 140 valence electrons. The SMILES string of the molecule is COC(=O)c1ccc2c(c1)[C@@H]1C[C@](C)(O2)N(c2ccc(F)c(F)c2)C(=O)N1. The van der Waals surface area contributed by atoms with Crippen molar-refractivity contribution >= 4 is 17.7 Å². The maximum absolute atomic E-state index is 13.7. The van der Waals surface area contributed by atoms with Crippen LogP contribution in [0.15, 0.2) is 36.4 Å². The van der Waals surface area contributed by atoms with Gasteiger partial charge in [0, 0.05) is 18.1 Å². The van der Waals surface area contributed by atoms with Gasteiger partial charge in [-0.25, -0.2) is 18.4 Å². The lowest BCUT2D eigenvalue weighted by atomic mass is 9.89. The van der Waals surface area contributed by atoms with E-state index in [1.807, 2.05) is 0 Å². The summed E-state index contributed by atoms with van der Waals surface area (Å²) < 4.78 is 37.7. The fraction of sp³-hybridized carbons (Fsp3) is 0.263. The van der Waals surface area contributed by atoms with E-state index < -0.39 is 35.4 Å². The van der Waals surface area contributed by atoms with Crippen molar-refractivity contribution < 1.29 is 27.8 Å². The molecule has 2 amide bonds. The predicted octanol–water partition coefficient (Wildman–Crippen LogP) is 3.52. The molecule has 0 aromatic heterocycles.